The van der Waals surface area contributed by atoms with Gasteiger partial charge in [-0.1, -0.05) is 19.1 Å². The van der Waals surface area contributed by atoms with Crippen molar-refractivity contribution < 1.29 is 4.79 Å². The average Bonchev–Trinajstić information content (AvgIpc) is 2.20. The van der Waals surface area contributed by atoms with Crippen LogP contribution in [0.3, 0.4) is 0 Å². The Morgan fingerprint density at radius 3 is 2.73 bits per heavy atom. The molecule has 0 fully saturated rings. The van der Waals surface area contributed by atoms with Crippen molar-refractivity contribution in [1.29, 1.82) is 0 Å². The third kappa shape index (κ3) is 3.28. The van der Waals surface area contributed by atoms with Gasteiger partial charge in [0.15, 0.2) is 0 Å². The molecule has 0 aliphatic rings. The van der Waals surface area contributed by atoms with Crippen LogP contribution in [0, 0.1) is 0 Å². The van der Waals surface area contributed by atoms with Crippen LogP contribution in [0.4, 0.5) is 5.69 Å². The zero-order valence-corrected chi connectivity index (χ0v) is 10.6. The van der Waals surface area contributed by atoms with Crippen LogP contribution >= 0.6 is 28.1 Å². The summed E-state index contributed by atoms with van der Waals surface area (Å²) >= 11 is 8.19. The number of amides is 1. The van der Waals surface area contributed by atoms with E-state index in [4.69, 9.17) is 18.0 Å². The molecule has 0 radical (unpaired) electrons. The van der Waals surface area contributed by atoms with Gasteiger partial charge in [0.1, 0.15) is 4.99 Å². The first-order valence-electron chi connectivity index (χ1n) is 4.43. The fourth-order valence-corrected chi connectivity index (χ4v) is 1.61. The number of nitrogens with one attached hydrogen (secondary N) is 1. The molecule has 1 rings (SSSR count). The lowest BCUT2D eigenvalue weighted by molar-refractivity contribution is -0.115. The Morgan fingerprint density at radius 2 is 2.27 bits per heavy atom. The highest BCUT2D eigenvalue weighted by Gasteiger charge is 2.05. The van der Waals surface area contributed by atoms with Crippen molar-refractivity contribution in [3.05, 3.63) is 28.2 Å². The van der Waals surface area contributed by atoms with Gasteiger partial charge >= 0.3 is 0 Å². The Kier molecular flexibility index (Phi) is 4.23. The highest BCUT2D eigenvalue weighted by Crippen LogP contribution is 2.23. The van der Waals surface area contributed by atoms with Gasteiger partial charge in [0.25, 0.3) is 0 Å². The summed E-state index contributed by atoms with van der Waals surface area (Å²) in [6.07, 6.45) is 0.448. The summed E-state index contributed by atoms with van der Waals surface area (Å²) in [5, 5.41) is 2.76. The number of halogens is 1. The molecule has 15 heavy (non-hydrogen) atoms. The van der Waals surface area contributed by atoms with Crippen molar-refractivity contribution in [2.75, 3.05) is 5.32 Å². The van der Waals surface area contributed by atoms with E-state index < -0.39 is 0 Å². The van der Waals surface area contributed by atoms with Gasteiger partial charge in [-0.3, -0.25) is 4.79 Å². The van der Waals surface area contributed by atoms with E-state index in [1.54, 1.807) is 25.1 Å². The van der Waals surface area contributed by atoms with E-state index in [2.05, 4.69) is 21.2 Å². The summed E-state index contributed by atoms with van der Waals surface area (Å²) < 4.78 is 0.773. The van der Waals surface area contributed by atoms with Crippen molar-refractivity contribution >= 4 is 44.7 Å². The molecule has 0 saturated carbocycles. The van der Waals surface area contributed by atoms with E-state index in [1.165, 1.54) is 0 Å². The number of hydrogen-bond donors (Lipinski definition) is 2. The molecule has 0 unspecified atom stereocenters. The summed E-state index contributed by atoms with van der Waals surface area (Å²) in [5.41, 5.74) is 6.98. The van der Waals surface area contributed by atoms with Gasteiger partial charge in [-0.25, -0.2) is 0 Å². The number of hydrogen-bond acceptors (Lipinski definition) is 2. The second-order valence-corrected chi connectivity index (χ2v) is 4.25. The zero-order chi connectivity index (χ0) is 11.4. The third-order valence-electron chi connectivity index (χ3n) is 1.85. The SMILES string of the molecule is CCC(=O)Nc1ccc(C(N)=S)cc1Br. The highest BCUT2D eigenvalue weighted by molar-refractivity contribution is 9.10. The Labute approximate surface area is 102 Å². The van der Waals surface area contributed by atoms with E-state index in [0.717, 1.165) is 15.7 Å². The lowest BCUT2D eigenvalue weighted by Gasteiger charge is -2.07. The summed E-state index contributed by atoms with van der Waals surface area (Å²) in [4.78, 5) is 11.5. The van der Waals surface area contributed by atoms with E-state index in [1.807, 2.05) is 0 Å². The van der Waals surface area contributed by atoms with Crippen molar-refractivity contribution in [3.63, 3.8) is 0 Å². The molecule has 0 heterocycles. The maximum Gasteiger partial charge on any atom is 0.224 e. The van der Waals surface area contributed by atoms with Crippen LogP contribution < -0.4 is 11.1 Å². The zero-order valence-electron chi connectivity index (χ0n) is 8.21. The number of thiocarbonyl (C=S) groups is 1. The molecule has 0 saturated heterocycles. The van der Waals surface area contributed by atoms with Crippen molar-refractivity contribution in [1.82, 2.24) is 0 Å². The van der Waals surface area contributed by atoms with Crippen LogP contribution in [-0.4, -0.2) is 10.9 Å². The minimum atomic E-state index is -0.0289. The second-order valence-electron chi connectivity index (χ2n) is 2.96. The second kappa shape index (κ2) is 5.23. The predicted molar refractivity (Wildman–Crippen MR) is 69.0 cm³/mol. The number of carbonyl (C=O) groups is 1. The average molecular weight is 287 g/mol. The van der Waals surface area contributed by atoms with Crippen molar-refractivity contribution in [2.24, 2.45) is 5.73 Å². The van der Waals surface area contributed by atoms with E-state index in [0.29, 0.717) is 11.4 Å². The Bertz CT molecular complexity index is 406. The van der Waals surface area contributed by atoms with Gasteiger partial charge in [-0.15, -0.1) is 0 Å². The fourth-order valence-electron chi connectivity index (χ4n) is 1.01. The van der Waals surface area contributed by atoms with E-state index in [-0.39, 0.29) is 5.91 Å². The number of benzene rings is 1. The lowest BCUT2D eigenvalue weighted by Crippen LogP contribution is -2.12. The number of carbonyl (C=O) groups excluding carboxylic acids is 1. The topological polar surface area (TPSA) is 55.1 Å². The first kappa shape index (κ1) is 12.1. The molecular formula is C10H11BrN2OS. The van der Waals surface area contributed by atoms with E-state index in [9.17, 15) is 4.79 Å². The molecule has 3 nitrogen and oxygen atoms in total. The monoisotopic (exact) mass is 286 g/mol. The molecular weight excluding hydrogens is 276 g/mol. The van der Waals surface area contributed by atoms with Crippen LogP contribution in [-0.2, 0) is 4.79 Å². The minimum Gasteiger partial charge on any atom is -0.389 e. The third-order valence-corrected chi connectivity index (χ3v) is 2.74. The summed E-state index contributed by atoms with van der Waals surface area (Å²) in [6, 6.07) is 5.33. The molecule has 80 valence electrons. The van der Waals surface area contributed by atoms with Gasteiger partial charge in [0.2, 0.25) is 5.91 Å². The molecule has 1 amide bonds. The first-order chi connectivity index (χ1) is 7.04. The van der Waals surface area contributed by atoms with Crippen LogP contribution in [0.15, 0.2) is 22.7 Å². The van der Waals surface area contributed by atoms with Crippen molar-refractivity contribution in [3.8, 4) is 0 Å². The molecule has 0 aliphatic heterocycles. The largest absolute Gasteiger partial charge is 0.389 e. The highest BCUT2D eigenvalue weighted by atomic mass is 79.9. The van der Waals surface area contributed by atoms with Crippen LogP contribution in [0.25, 0.3) is 0 Å². The Balaban J connectivity index is 2.93. The molecule has 5 heteroatoms. The van der Waals surface area contributed by atoms with Gasteiger partial charge in [-0.2, -0.15) is 0 Å². The van der Waals surface area contributed by atoms with Crippen molar-refractivity contribution in [2.45, 2.75) is 13.3 Å². The normalized spacial score (nSPS) is 9.73. The van der Waals surface area contributed by atoms with Crippen LogP contribution in [0.5, 0.6) is 0 Å². The quantitative estimate of drug-likeness (QED) is 0.839. The molecule has 0 spiro atoms. The summed E-state index contributed by atoms with van der Waals surface area (Å²) in [5.74, 6) is -0.0289. The predicted octanol–water partition coefficient (Wildman–Crippen LogP) is 2.43. The number of rotatable bonds is 3. The van der Waals surface area contributed by atoms with Gasteiger partial charge in [0, 0.05) is 16.5 Å². The fraction of sp³-hybridized carbons (Fsp3) is 0.200. The summed E-state index contributed by atoms with van der Waals surface area (Å²) in [6.45, 7) is 1.80. The van der Waals surface area contributed by atoms with Gasteiger partial charge < -0.3 is 11.1 Å². The Morgan fingerprint density at radius 1 is 1.60 bits per heavy atom. The number of nitrogens with two attached hydrogens (primary N) is 1. The maximum absolute atomic E-state index is 11.2. The smallest absolute Gasteiger partial charge is 0.224 e. The molecule has 0 atom stereocenters. The first-order valence-corrected chi connectivity index (χ1v) is 5.64. The standard InChI is InChI=1S/C10H11BrN2OS/c1-2-9(14)13-8-4-3-6(10(12)15)5-7(8)11/h3-5H,2H2,1H3,(H2,12,15)(H,13,14). The van der Waals surface area contributed by atoms with Gasteiger partial charge in [0.05, 0.1) is 5.69 Å². The Hall–Kier alpha value is -0.940. The molecule has 0 bridgehead atoms. The maximum atomic E-state index is 11.2. The molecule has 0 aliphatic carbocycles. The molecule has 1 aromatic carbocycles. The van der Waals surface area contributed by atoms with Gasteiger partial charge in [-0.05, 0) is 34.1 Å². The summed E-state index contributed by atoms with van der Waals surface area (Å²) in [7, 11) is 0. The minimum absolute atomic E-state index is 0.0289. The number of anilines is 1. The van der Waals surface area contributed by atoms with E-state index >= 15 is 0 Å². The lowest BCUT2D eigenvalue weighted by atomic mass is 10.2. The van der Waals surface area contributed by atoms with Crippen LogP contribution in [0.2, 0.25) is 0 Å². The van der Waals surface area contributed by atoms with Crippen LogP contribution in [0.1, 0.15) is 18.9 Å². The molecule has 1 aromatic rings. The molecule has 0 aromatic heterocycles. The molecule has 3 N–H and O–H groups in total.